The Kier molecular flexibility index (Phi) is 5.09. The number of nitriles is 1. The molecule has 0 aliphatic carbocycles. The Morgan fingerprint density at radius 1 is 1.19 bits per heavy atom. The van der Waals surface area contributed by atoms with Gasteiger partial charge >= 0.3 is 0 Å². The van der Waals surface area contributed by atoms with Crippen LogP contribution in [0.4, 0.5) is 15.8 Å². The molecular weight excluding hydrogens is 373 g/mol. The van der Waals surface area contributed by atoms with E-state index in [1.165, 1.54) is 48.7 Å². The van der Waals surface area contributed by atoms with Crippen molar-refractivity contribution in [3.8, 4) is 6.07 Å². The number of rotatable bonds is 6. The van der Waals surface area contributed by atoms with Gasteiger partial charge in [0.1, 0.15) is 17.5 Å². The monoisotopic (exact) mass is 385 g/mol. The molecule has 0 aliphatic rings. The maximum absolute atomic E-state index is 13.6. The molecule has 1 aromatic heterocycles. The van der Waals surface area contributed by atoms with Crippen LogP contribution in [0, 0.1) is 17.1 Å². The van der Waals surface area contributed by atoms with Crippen LogP contribution in [-0.4, -0.2) is 29.0 Å². The Morgan fingerprint density at radius 3 is 2.56 bits per heavy atom. The van der Waals surface area contributed by atoms with Crippen molar-refractivity contribution in [2.24, 2.45) is 0 Å². The van der Waals surface area contributed by atoms with Gasteiger partial charge in [-0.2, -0.15) is 10.5 Å². The summed E-state index contributed by atoms with van der Waals surface area (Å²) in [4.78, 5) is -0.0426. The second-order valence-electron chi connectivity index (χ2n) is 5.16. The van der Waals surface area contributed by atoms with Gasteiger partial charge in [0, 0.05) is 11.9 Å². The molecule has 3 N–H and O–H groups in total. The average Bonchev–Trinajstić information content (AvgIpc) is 3.19. The number of nitrogens with zero attached hydrogens (tertiary/aromatic N) is 4. The lowest BCUT2D eigenvalue weighted by molar-refractivity contribution is 0.598. The van der Waals surface area contributed by atoms with E-state index < -0.39 is 15.8 Å². The molecule has 0 spiro atoms. The fraction of sp³-hybridized carbons (Fsp3) is 0. The number of hydrogen-bond acceptors (Lipinski definition) is 7. The minimum absolute atomic E-state index is 0.0426. The number of halogens is 1. The maximum Gasteiger partial charge on any atom is 0.261 e. The number of aromatic amines is 1. The summed E-state index contributed by atoms with van der Waals surface area (Å²) in [5, 5.41) is 24.9. The van der Waals surface area contributed by atoms with Crippen molar-refractivity contribution in [3.05, 3.63) is 66.4 Å². The van der Waals surface area contributed by atoms with Gasteiger partial charge in [0.15, 0.2) is 0 Å². The maximum atomic E-state index is 13.6. The summed E-state index contributed by atoms with van der Waals surface area (Å²) in [5.41, 5.74) is 0.527. The highest BCUT2D eigenvalue weighted by Gasteiger charge is 2.16. The van der Waals surface area contributed by atoms with Crippen molar-refractivity contribution in [1.29, 1.82) is 5.26 Å². The molecule has 27 heavy (non-hydrogen) atoms. The first-order valence-electron chi connectivity index (χ1n) is 7.47. The van der Waals surface area contributed by atoms with Gasteiger partial charge in [0.05, 0.1) is 10.6 Å². The summed E-state index contributed by atoms with van der Waals surface area (Å²) in [6.07, 6.45) is 1.37. The number of benzene rings is 2. The number of hydrogen-bond donors (Lipinski definition) is 3. The van der Waals surface area contributed by atoms with E-state index in [4.69, 9.17) is 5.26 Å². The van der Waals surface area contributed by atoms with Crippen LogP contribution < -0.4 is 10.0 Å². The molecule has 0 fully saturated rings. The highest BCUT2D eigenvalue weighted by molar-refractivity contribution is 7.92. The first-order valence-corrected chi connectivity index (χ1v) is 8.96. The second kappa shape index (κ2) is 7.63. The number of allylic oxidation sites excluding steroid dienone is 1. The summed E-state index contributed by atoms with van der Waals surface area (Å²) in [6, 6.07) is 13.1. The van der Waals surface area contributed by atoms with E-state index in [1.807, 2.05) is 6.07 Å². The minimum Gasteiger partial charge on any atom is -0.360 e. The van der Waals surface area contributed by atoms with Gasteiger partial charge in [-0.05, 0) is 41.6 Å². The number of para-hydroxylation sites is 1. The lowest BCUT2D eigenvalue weighted by Gasteiger charge is -2.09. The first-order chi connectivity index (χ1) is 13.0. The van der Waals surface area contributed by atoms with Crippen LogP contribution in [0.1, 0.15) is 5.82 Å². The zero-order valence-corrected chi connectivity index (χ0v) is 14.4. The molecule has 136 valence electrons. The molecule has 0 aliphatic heterocycles. The van der Waals surface area contributed by atoms with Crippen molar-refractivity contribution < 1.29 is 12.8 Å². The normalized spacial score (nSPS) is 11.6. The van der Waals surface area contributed by atoms with Gasteiger partial charge in [-0.3, -0.25) is 4.72 Å². The van der Waals surface area contributed by atoms with E-state index >= 15 is 0 Å². The fourth-order valence-corrected chi connectivity index (χ4v) is 3.12. The Bertz CT molecular complexity index is 1100. The second-order valence-corrected chi connectivity index (χ2v) is 6.84. The summed E-state index contributed by atoms with van der Waals surface area (Å²) in [5.74, 6) is -0.548. The third-order valence-corrected chi connectivity index (χ3v) is 4.75. The van der Waals surface area contributed by atoms with Crippen molar-refractivity contribution in [2.45, 2.75) is 4.90 Å². The van der Waals surface area contributed by atoms with Crippen molar-refractivity contribution in [3.63, 3.8) is 0 Å². The van der Waals surface area contributed by atoms with E-state index in [2.05, 4.69) is 30.7 Å². The predicted molar refractivity (Wildman–Crippen MR) is 95.0 cm³/mol. The summed E-state index contributed by atoms with van der Waals surface area (Å²) in [6.45, 7) is 0. The Labute approximate surface area is 153 Å². The van der Waals surface area contributed by atoms with Gasteiger partial charge in [-0.25, -0.2) is 12.8 Å². The number of H-pyrrole nitrogens is 1. The van der Waals surface area contributed by atoms with E-state index in [0.29, 0.717) is 5.69 Å². The van der Waals surface area contributed by atoms with Crippen LogP contribution in [0.3, 0.4) is 0 Å². The third kappa shape index (κ3) is 4.25. The smallest absolute Gasteiger partial charge is 0.261 e. The summed E-state index contributed by atoms with van der Waals surface area (Å²) < 4.78 is 40.5. The van der Waals surface area contributed by atoms with E-state index in [1.54, 1.807) is 0 Å². The SMILES string of the molecule is N#CC(=CNc1ccc(S(=O)(=O)Nc2ccccc2F)cc1)c1nn[nH]n1. The van der Waals surface area contributed by atoms with Gasteiger partial charge in [0.25, 0.3) is 10.0 Å². The van der Waals surface area contributed by atoms with Crippen LogP contribution in [0.2, 0.25) is 0 Å². The average molecular weight is 385 g/mol. The van der Waals surface area contributed by atoms with Gasteiger partial charge in [-0.15, -0.1) is 10.2 Å². The molecule has 0 saturated heterocycles. The lowest BCUT2D eigenvalue weighted by Crippen LogP contribution is -2.13. The molecule has 0 unspecified atom stereocenters. The number of nitrogens with one attached hydrogen (secondary N) is 3. The van der Waals surface area contributed by atoms with E-state index in [0.717, 1.165) is 6.07 Å². The molecule has 9 nitrogen and oxygen atoms in total. The quantitative estimate of drug-likeness (QED) is 0.553. The Balaban J connectivity index is 1.75. The summed E-state index contributed by atoms with van der Waals surface area (Å²) in [7, 11) is -3.94. The van der Waals surface area contributed by atoms with E-state index in [-0.39, 0.29) is 22.0 Å². The lowest BCUT2D eigenvalue weighted by atomic mass is 10.3. The fourth-order valence-electron chi connectivity index (χ4n) is 2.06. The molecule has 2 aromatic carbocycles. The molecule has 0 bridgehead atoms. The zero-order valence-electron chi connectivity index (χ0n) is 13.6. The van der Waals surface area contributed by atoms with Crippen molar-refractivity contribution in [1.82, 2.24) is 20.6 Å². The predicted octanol–water partition coefficient (Wildman–Crippen LogP) is 2.12. The van der Waals surface area contributed by atoms with Crippen molar-refractivity contribution in [2.75, 3.05) is 10.0 Å². The highest BCUT2D eigenvalue weighted by Crippen LogP contribution is 2.20. The summed E-state index contributed by atoms with van der Waals surface area (Å²) >= 11 is 0. The van der Waals surface area contributed by atoms with Crippen LogP contribution in [-0.2, 0) is 10.0 Å². The minimum atomic E-state index is -3.94. The van der Waals surface area contributed by atoms with Crippen LogP contribution >= 0.6 is 0 Å². The van der Waals surface area contributed by atoms with E-state index in [9.17, 15) is 12.8 Å². The molecule has 0 atom stereocenters. The Hall–Kier alpha value is -3.78. The van der Waals surface area contributed by atoms with Crippen LogP contribution in [0.15, 0.2) is 59.6 Å². The standard InChI is InChI=1S/C16H12FN7O2S/c17-14-3-1-2-4-15(14)22-27(25,26)13-7-5-12(6-8-13)19-10-11(9-18)16-20-23-24-21-16/h1-8,10,19,22H,(H,20,21,23,24). The van der Waals surface area contributed by atoms with Crippen LogP contribution in [0.5, 0.6) is 0 Å². The molecular formula is C16H12FN7O2S. The first kappa shape index (κ1) is 18.0. The topological polar surface area (TPSA) is 136 Å². The third-order valence-electron chi connectivity index (χ3n) is 3.37. The van der Waals surface area contributed by atoms with Crippen LogP contribution in [0.25, 0.3) is 5.57 Å². The molecule has 0 saturated carbocycles. The van der Waals surface area contributed by atoms with Gasteiger partial charge in [-0.1, -0.05) is 12.1 Å². The van der Waals surface area contributed by atoms with Crippen molar-refractivity contribution >= 4 is 27.0 Å². The number of sulfonamides is 1. The molecule has 0 radical (unpaired) electrons. The Morgan fingerprint density at radius 2 is 1.93 bits per heavy atom. The molecule has 3 rings (SSSR count). The highest BCUT2D eigenvalue weighted by atomic mass is 32.2. The largest absolute Gasteiger partial charge is 0.360 e. The number of anilines is 2. The molecule has 11 heteroatoms. The molecule has 1 heterocycles. The number of aromatic nitrogens is 4. The number of tetrazole rings is 1. The zero-order chi connectivity index (χ0) is 19.3. The molecule has 3 aromatic rings. The van der Waals surface area contributed by atoms with Gasteiger partial charge < -0.3 is 5.32 Å². The molecule has 0 amide bonds. The van der Waals surface area contributed by atoms with Gasteiger partial charge in [0.2, 0.25) is 5.82 Å².